The molecule has 2 rings (SSSR count). The first-order valence-electron chi connectivity index (χ1n) is 6.83. The Bertz CT molecular complexity index is 387. The Balaban J connectivity index is 1.61. The van der Waals surface area contributed by atoms with Crippen LogP contribution in [0.15, 0.2) is 24.3 Å². The van der Waals surface area contributed by atoms with Crippen LogP contribution in [0.25, 0.3) is 0 Å². The summed E-state index contributed by atoms with van der Waals surface area (Å²) in [4.78, 5) is 0. The van der Waals surface area contributed by atoms with Crippen molar-refractivity contribution in [1.29, 1.82) is 0 Å². The van der Waals surface area contributed by atoms with Gasteiger partial charge in [-0.15, -0.1) is 0 Å². The Labute approximate surface area is 114 Å². The van der Waals surface area contributed by atoms with Crippen LogP contribution in [0.1, 0.15) is 18.4 Å². The molecule has 1 aliphatic rings. The fourth-order valence-electron chi connectivity index (χ4n) is 1.96. The topological polar surface area (TPSA) is 61.7 Å². The molecule has 4 heteroatoms. The van der Waals surface area contributed by atoms with Crippen molar-refractivity contribution in [2.45, 2.75) is 25.9 Å². The van der Waals surface area contributed by atoms with E-state index < -0.39 is 6.10 Å². The molecule has 0 aliphatic heterocycles. The Morgan fingerprint density at radius 2 is 2.00 bits per heavy atom. The second-order valence-corrected chi connectivity index (χ2v) is 5.57. The Hall–Kier alpha value is -1.10. The first kappa shape index (κ1) is 14.3. The average molecular weight is 265 g/mol. The summed E-state index contributed by atoms with van der Waals surface area (Å²) in [5.41, 5.74) is 1.27. The molecular weight excluding hydrogens is 242 g/mol. The van der Waals surface area contributed by atoms with E-state index >= 15 is 0 Å². The third-order valence-corrected chi connectivity index (χ3v) is 3.64. The smallest absolute Gasteiger partial charge is 0.119 e. The highest BCUT2D eigenvalue weighted by atomic mass is 16.5. The number of ether oxygens (including phenoxy) is 1. The summed E-state index contributed by atoms with van der Waals surface area (Å²) in [5.74, 6) is 0.777. The fourth-order valence-corrected chi connectivity index (χ4v) is 1.96. The number of hydrogen-bond donors (Lipinski definition) is 3. The number of hydrogen-bond acceptors (Lipinski definition) is 4. The number of nitrogens with one attached hydrogen (secondary N) is 1. The molecule has 1 aromatic rings. The SMILES string of the molecule is Cc1ccc(OCC(O)CNCC2(CO)CC2)cc1. The van der Waals surface area contributed by atoms with Crippen molar-refractivity contribution in [1.82, 2.24) is 5.32 Å². The van der Waals surface area contributed by atoms with Gasteiger partial charge in [0.2, 0.25) is 0 Å². The lowest BCUT2D eigenvalue weighted by molar-refractivity contribution is 0.103. The number of benzene rings is 1. The Morgan fingerprint density at radius 3 is 2.58 bits per heavy atom. The highest BCUT2D eigenvalue weighted by Gasteiger charge is 2.41. The first-order valence-corrected chi connectivity index (χ1v) is 6.83. The van der Waals surface area contributed by atoms with Crippen molar-refractivity contribution in [3.8, 4) is 5.75 Å². The molecule has 19 heavy (non-hydrogen) atoms. The second-order valence-electron chi connectivity index (χ2n) is 5.57. The van der Waals surface area contributed by atoms with E-state index in [9.17, 15) is 5.11 Å². The van der Waals surface area contributed by atoms with Gasteiger partial charge in [0, 0.05) is 25.1 Å². The minimum absolute atomic E-state index is 0.0809. The van der Waals surface area contributed by atoms with Crippen molar-refractivity contribution in [3.05, 3.63) is 29.8 Å². The third kappa shape index (κ3) is 4.49. The number of aliphatic hydroxyl groups excluding tert-OH is 2. The number of aliphatic hydroxyl groups is 2. The molecule has 0 amide bonds. The zero-order valence-electron chi connectivity index (χ0n) is 11.4. The minimum Gasteiger partial charge on any atom is -0.491 e. The first-order chi connectivity index (χ1) is 9.13. The molecule has 0 heterocycles. The summed E-state index contributed by atoms with van der Waals surface area (Å²) in [5, 5.41) is 22.2. The predicted molar refractivity (Wildman–Crippen MR) is 74.3 cm³/mol. The largest absolute Gasteiger partial charge is 0.491 e. The molecule has 1 unspecified atom stereocenters. The molecule has 0 radical (unpaired) electrons. The lowest BCUT2D eigenvalue weighted by Crippen LogP contribution is -2.35. The molecular formula is C15H23NO3. The van der Waals surface area contributed by atoms with Gasteiger partial charge < -0.3 is 20.3 Å². The molecule has 1 atom stereocenters. The molecule has 0 aromatic heterocycles. The van der Waals surface area contributed by atoms with Gasteiger partial charge in [-0.1, -0.05) is 17.7 Å². The lowest BCUT2D eigenvalue weighted by Gasteiger charge is -2.16. The minimum atomic E-state index is -0.532. The normalized spacial score (nSPS) is 18.1. The Kier molecular flexibility index (Phi) is 4.80. The van der Waals surface area contributed by atoms with E-state index in [1.54, 1.807) is 0 Å². The monoisotopic (exact) mass is 265 g/mol. The van der Waals surface area contributed by atoms with Gasteiger partial charge in [0.25, 0.3) is 0 Å². The summed E-state index contributed by atoms with van der Waals surface area (Å²) in [6.45, 7) is 3.80. The van der Waals surface area contributed by atoms with Crippen LogP contribution in [0, 0.1) is 12.3 Å². The lowest BCUT2D eigenvalue weighted by atomic mass is 10.1. The molecule has 0 spiro atoms. The van der Waals surface area contributed by atoms with Crippen molar-refractivity contribution >= 4 is 0 Å². The zero-order chi connectivity index (χ0) is 13.7. The summed E-state index contributed by atoms with van der Waals surface area (Å²) < 4.78 is 5.51. The number of aryl methyl sites for hydroxylation is 1. The van der Waals surface area contributed by atoms with E-state index in [1.165, 1.54) is 5.56 Å². The highest BCUT2D eigenvalue weighted by molar-refractivity contribution is 5.26. The van der Waals surface area contributed by atoms with E-state index in [2.05, 4.69) is 5.32 Å². The van der Waals surface area contributed by atoms with Gasteiger partial charge in [0.05, 0.1) is 0 Å². The maximum absolute atomic E-state index is 9.81. The van der Waals surface area contributed by atoms with Gasteiger partial charge in [0.1, 0.15) is 18.5 Å². The van der Waals surface area contributed by atoms with Gasteiger partial charge >= 0.3 is 0 Å². The summed E-state index contributed by atoms with van der Waals surface area (Å²) in [6, 6.07) is 7.77. The van der Waals surface area contributed by atoms with Gasteiger partial charge in [-0.25, -0.2) is 0 Å². The molecule has 106 valence electrons. The van der Waals surface area contributed by atoms with Crippen LogP contribution in [-0.4, -0.2) is 42.6 Å². The standard InChI is InChI=1S/C15H23NO3/c1-12-2-4-14(5-3-12)19-9-13(18)8-16-10-15(11-17)6-7-15/h2-5,13,16-18H,6-11H2,1H3. The maximum atomic E-state index is 9.81. The van der Waals surface area contributed by atoms with Crippen LogP contribution in [0.3, 0.4) is 0 Å². The molecule has 1 saturated carbocycles. The van der Waals surface area contributed by atoms with Crippen LogP contribution in [0.2, 0.25) is 0 Å². The average Bonchev–Trinajstić information content (AvgIpc) is 3.19. The molecule has 1 aliphatic carbocycles. The summed E-state index contributed by atoms with van der Waals surface area (Å²) >= 11 is 0. The van der Waals surface area contributed by atoms with E-state index in [0.717, 1.165) is 25.1 Å². The maximum Gasteiger partial charge on any atom is 0.119 e. The van der Waals surface area contributed by atoms with Crippen LogP contribution in [0.5, 0.6) is 5.75 Å². The highest BCUT2D eigenvalue weighted by Crippen LogP contribution is 2.44. The van der Waals surface area contributed by atoms with E-state index in [4.69, 9.17) is 9.84 Å². The molecule has 0 saturated heterocycles. The zero-order valence-corrected chi connectivity index (χ0v) is 11.4. The summed E-state index contributed by atoms with van der Waals surface area (Å²) in [7, 11) is 0. The van der Waals surface area contributed by atoms with E-state index in [0.29, 0.717) is 6.54 Å². The van der Waals surface area contributed by atoms with Crippen LogP contribution >= 0.6 is 0 Å². The molecule has 3 N–H and O–H groups in total. The molecule has 1 aromatic carbocycles. The van der Waals surface area contributed by atoms with Crippen LogP contribution in [0.4, 0.5) is 0 Å². The fraction of sp³-hybridized carbons (Fsp3) is 0.600. The molecule has 4 nitrogen and oxygen atoms in total. The van der Waals surface area contributed by atoms with E-state index in [-0.39, 0.29) is 18.6 Å². The van der Waals surface area contributed by atoms with E-state index in [1.807, 2.05) is 31.2 Å². The predicted octanol–water partition coefficient (Wildman–Crippen LogP) is 1.10. The second kappa shape index (κ2) is 6.37. The van der Waals surface area contributed by atoms with Crippen molar-refractivity contribution in [2.24, 2.45) is 5.41 Å². The van der Waals surface area contributed by atoms with Crippen LogP contribution in [-0.2, 0) is 0 Å². The molecule has 1 fully saturated rings. The molecule has 0 bridgehead atoms. The Morgan fingerprint density at radius 1 is 1.32 bits per heavy atom. The van der Waals surface area contributed by atoms with Crippen molar-refractivity contribution in [2.75, 3.05) is 26.3 Å². The van der Waals surface area contributed by atoms with Gasteiger partial charge in [-0.2, -0.15) is 0 Å². The van der Waals surface area contributed by atoms with Crippen molar-refractivity contribution in [3.63, 3.8) is 0 Å². The number of rotatable bonds is 8. The van der Waals surface area contributed by atoms with Crippen LogP contribution < -0.4 is 10.1 Å². The third-order valence-electron chi connectivity index (χ3n) is 3.64. The quantitative estimate of drug-likeness (QED) is 0.658. The van der Waals surface area contributed by atoms with Gasteiger partial charge in [0.15, 0.2) is 0 Å². The van der Waals surface area contributed by atoms with Gasteiger partial charge in [-0.05, 0) is 31.9 Å². The van der Waals surface area contributed by atoms with Gasteiger partial charge in [-0.3, -0.25) is 0 Å². The van der Waals surface area contributed by atoms with Crippen molar-refractivity contribution < 1.29 is 14.9 Å². The summed E-state index contributed by atoms with van der Waals surface area (Å²) in [6.07, 6.45) is 1.62.